The number of hydrogen-bond acceptors (Lipinski definition) is 0. The van der Waals surface area contributed by atoms with E-state index < -0.39 is 0 Å². The summed E-state index contributed by atoms with van der Waals surface area (Å²) in [4.78, 5) is 0. The quantitative estimate of drug-likeness (QED) is 0.166. The van der Waals surface area contributed by atoms with Crippen molar-refractivity contribution < 1.29 is 0 Å². The van der Waals surface area contributed by atoms with Gasteiger partial charge < -0.3 is 0 Å². The first-order chi connectivity index (χ1) is 24.3. The lowest BCUT2D eigenvalue weighted by Gasteiger charge is -2.25. The van der Waals surface area contributed by atoms with Crippen molar-refractivity contribution in [2.24, 2.45) is 0 Å². The molecular weight excluding hydrogens is 613 g/mol. The molecule has 0 aromatic heterocycles. The zero-order valence-corrected chi connectivity index (χ0v) is 31.2. The van der Waals surface area contributed by atoms with Gasteiger partial charge in [-0.25, -0.2) is 0 Å². The van der Waals surface area contributed by atoms with E-state index in [9.17, 15) is 0 Å². The van der Waals surface area contributed by atoms with Gasteiger partial charge in [-0.3, -0.25) is 0 Å². The lowest BCUT2D eigenvalue weighted by Crippen LogP contribution is -2.17. The second-order valence-electron chi connectivity index (χ2n) is 17.5. The van der Waals surface area contributed by atoms with E-state index in [1.54, 1.807) is 0 Å². The van der Waals surface area contributed by atoms with Gasteiger partial charge >= 0.3 is 0 Å². The molecule has 0 aliphatic heterocycles. The van der Waals surface area contributed by atoms with Gasteiger partial charge in [-0.15, -0.1) is 0 Å². The Morgan fingerprint density at radius 1 is 0.373 bits per heavy atom. The Morgan fingerprint density at radius 2 is 0.882 bits per heavy atom. The van der Waals surface area contributed by atoms with Crippen molar-refractivity contribution in [1.82, 2.24) is 0 Å². The maximum absolute atomic E-state index is 2.45. The summed E-state index contributed by atoms with van der Waals surface area (Å²) in [6.07, 6.45) is 0. The highest BCUT2D eigenvalue weighted by Crippen LogP contribution is 2.51. The average molecular weight is 659 g/mol. The highest BCUT2D eigenvalue weighted by atomic mass is 14.4. The molecule has 8 aromatic rings. The molecule has 0 saturated carbocycles. The van der Waals surface area contributed by atoms with Crippen molar-refractivity contribution in [3.63, 3.8) is 0 Å². The predicted molar refractivity (Wildman–Crippen MR) is 221 cm³/mol. The normalized spacial score (nSPS) is 14.0. The third-order valence-electron chi connectivity index (χ3n) is 11.7. The highest BCUT2D eigenvalue weighted by Gasteiger charge is 2.36. The molecule has 0 N–H and O–H groups in total. The first kappa shape index (κ1) is 31.8. The molecule has 9 rings (SSSR count). The molecule has 0 saturated heterocycles. The van der Waals surface area contributed by atoms with Gasteiger partial charge in [-0.1, -0.05) is 177 Å². The van der Waals surface area contributed by atoms with Crippen LogP contribution in [0.1, 0.15) is 77.6 Å². The Kier molecular flexibility index (Phi) is 6.79. The molecule has 8 aromatic carbocycles. The van der Waals surface area contributed by atoms with Crippen LogP contribution < -0.4 is 0 Å². The summed E-state index contributed by atoms with van der Waals surface area (Å²) in [5.41, 5.74) is 16.1. The average Bonchev–Trinajstić information content (AvgIpc) is 3.34. The van der Waals surface area contributed by atoms with Crippen molar-refractivity contribution in [2.75, 3.05) is 0 Å². The minimum Gasteiger partial charge on any atom is -0.0610 e. The summed E-state index contributed by atoms with van der Waals surface area (Å²) in [7, 11) is 0. The fraction of sp³-hybridized carbons (Fsp3) is 0.216. The fourth-order valence-corrected chi connectivity index (χ4v) is 8.61. The number of benzene rings is 8. The van der Waals surface area contributed by atoms with Gasteiger partial charge in [0.2, 0.25) is 0 Å². The molecule has 0 unspecified atom stereocenters. The summed E-state index contributed by atoms with van der Waals surface area (Å²) in [6, 6.07) is 51.1. The first-order valence-electron chi connectivity index (χ1n) is 18.5. The monoisotopic (exact) mass is 658 g/mol. The van der Waals surface area contributed by atoms with E-state index in [0.29, 0.717) is 0 Å². The third-order valence-corrected chi connectivity index (χ3v) is 11.7. The lowest BCUT2D eigenvalue weighted by atomic mass is 9.78. The summed E-state index contributed by atoms with van der Waals surface area (Å²) in [5.74, 6) is 0. The van der Waals surface area contributed by atoms with Crippen molar-refractivity contribution in [3.8, 4) is 44.5 Å². The Labute approximate surface area is 303 Å². The van der Waals surface area contributed by atoms with Gasteiger partial charge in [-0.05, 0) is 122 Å². The highest BCUT2D eigenvalue weighted by molar-refractivity contribution is 6.25. The molecule has 0 nitrogen and oxygen atoms in total. The minimum absolute atomic E-state index is 0.0389. The SMILES string of the molecule is CC(C)(C)c1ccc2c(c1)C(C)(C)c1cc(-c3ccc(-c4cccc(-c5ccc6ccc7cc(C(C)(C)C)cc8ccc5c6c78)c4)cc3)ccc1-2. The van der Waals surface area contributed by atoms with E-state index in [-0.39, 0.29) is 16.2 Å². The van der Waals surface area contributed by atoms with Crippen molar-refractivity contribution in [1.29, 1.82) is 0 Å². The van der Waals surface area contributed by atoms with Crippen LogP contribution in [0.25, 0.3) is 76.8 Å². The van der Waals surface area contributed by atoms with E-state index in [4.69, 9.17) is 0 Å². The van der Waals surface area contributed by atoms with Crippen LogP contribution in [0.4, 0.5) is 0 Å². The molecule has 0 spiro atoms. The molecule has 0 heteroatoms. The largest absolute Gasteiger partial charge is 0.0610 e. The maximum Gasteiger partial charge on any atom is 0.0159 e. The van der Waals surface area contributed by atoms with E-state index in [2.05, 4.69) is 189 Å². The van der Waals surface area contributed by atoms with Crippen LogP contribution >= 0.6 is 0 Å². The van der Waals surface area contributed by atoms with Gasteiger partial charge in [-0.2, -0.15) is 0 Å². The summed E-state index contributed by atoms with van der Waals surface area (Å²) >= 11 is 0. The molecule has 0 radical (unpaired) electrons. The molecule has 0 fully saturated rings. The van der Waals surface area contributed by atoms with Crippen LogP contribution in [-0.4, -0.2) is 0 Å². The Bertz CT molecular complexity index is 2630. The molecule has 51 heavy (non-hydrogen) atoms. The van der Waals surface area contributed by atoms with Crippen molar-refractivity contribution in [2.45, 2.75) is 71.6 Å². The van der Waals surface area contributed by atoms with Crippen LogP contribution in [-0.2, 0) is 16.2 Å². The first-order valence-corrected chi connectivity index (χ1v) is 18.5. The fourth-order valence-electron chi connectivity index (χ4n) is 8.61. The molecule has 0 amide bonds. The molecular formula is C51H46. The van der Waals surface area contributed by atoms with Crippen LogP contribution in [0.5, 0.6) is 0 Å². The van der Waals surface area contributed by atoms with Crippen molar-refractivity contribution in [3.05, 3.63) is 156 Å². The van der Waals surface area contributed by atoms with Crippen LogP contribution in [0.3, 0.4) is 0 Å². The van der Waals surface area contributed by atoms with Gasteiger partial charge in [0.25, 0.3) is 0 Å². The number of rotatable bonds is 3. The van der Waals surface area contributed by atoms with Gasteiger partial charge in [0.1, 0.15) is 0 Å². The third kappa shape index (κ3) is 5.02. The lowest BCUT2D eigenvalue weighted by molar-refractivity contribution is 0.584. The van der Waals surface area contributed by atoms with Crippen molar-refractivity contribution >= 4 is 32.3 Å². The second kappa shape index (κ2) is 10.9. The second-order valence-corrected chi connectivity index (χ2v) is 17.5. The standard InChI is InChI=1S/C51H46/c1-49(2,3)39-21-25-43-42-23-19-35(29-45(42)51(7,8)46(43)30-39)32-14-12-31(13-15-32)34-10-9-11-36(26-34)41-22-18-33-16-17-37-27-40(50(4,5)6)28-38-20-24-44(41)48(33)47(37)38/h9-30H,1-8H3. The van der Waals surface area contributed by atoms with Gasteiger partial charge in [0.05, 0.1) is 0 Å². The topological polar surface area (TPSA) is 0 Å². The molecule has 0 atom stereocenters. The van der Waals surface area contributed by atoms with E-state index in [1.807, 2.05) is 0 Å². The number of fused-ring (bicyclic) bond motifs is 3. The summed E-state index contributed by atoms with van der Waals surface area (Å²) < 4.78 is 0. The predicted octanol–water partition coefficient (Wildman–Crippen LogP) is 14.5. The molecule has 0 heterocycles. The zero-order valence-electron chi connectivity index (χ0n) is 31.2. The van der Waals surface area contributed by atoms with Crippen LogP contribution in [0.15, 0.2) is 133 Å². The molecule has 0 bridgehead atoms. The van der Waals surface area contributed by atoms with Crippen LogP contribution in [0.2, 0.25) is 0 Å². The van der Waals surface area contributed by atoms with Gasteiger partial charge in [0, 0.05) is 5.41 Å². The summed E-state index contributed by atoms with van der Waals surface area (Å²) in [5, 5.41) is 8.02. The Balaban J connectivity index is 1.06. The minimum atomic E-state index is -0.0389. The Morgan fingerprint density at radius 3 is 1.55 bits per heavy atom. The maximum atomic E-state index is 2.45. The number of hydrogen-bond donors (Lipinski definition) is 0. The molecule has 250 valence electrons. The van der Waals surface area contributed by atoms with E-state index >= 15 is 0 Å². The summed E-state index contributed by atoms with van der Waals surface area (Å²) in [6.45, 7) is 18.6. The van der Waals surface area contributed by atoms with Crippen LogP contribution in [0, 0.1) is 0 Å². The van der Waals surface area contributed by atoms with E-state index in [1.165, 1.54) is 99.1 Å². The van der Waals surface area contributed by atoms with Gasteiger partial charge in [0.15, 0.2) is 0 Å². The molecule has 1 aliphatic carbocycles. The zero-order chi connectivity index (χ0) is 35.4. The Hall–Kier alpha value is -5.20. The molecule has 1 aliphatic rings. The smallest absolute Gasteiger partial charge is 0.0159 e. The van der Waals surface area contributed by atoms with E-state index in [0.717, 1.165) is 0 Å².